The lowest BCUT2D eigenvalue weighted by molar-refractivity contribution is -0.137. The summed E-state index contributed by atoms with van der Waals surface area (Å²) < 4.78 is 38.9. The molecule has 1 amide bonds. The highest BCUT2D eigenvalue weighted by Gasteiger charge is 2.31. The molecule has 0 saturated heterocycles. The highest BCUT2D eigenvalue weighted by atomic mass is 32.2. The second-order valence-corrected chi connectivity index (χ2v) is 8.00. The van der Waals surface area contributed by atoms with Crippen molar-refractivity contribution in [1.82, 2.24) is 4.98 Å². The SMILES string of the molecule is O=C(Nc1cccc2cnccc12)C(Sc1ccccc1)c1ccc(C(F)(F)F)cc1. The van der Waals surface area contributed by atoms with E-state index in [0.29, 0.717) is 11.3 Å². The molecule has 1 N–H and O–H groups in total. The van der Waals surface area contributed by atoms with Crippen molar-refractivity contribution in [3.05, 3.63) is 102 Å². The topological polar surface area (TPSA) is 42.0 Å². The number of nitrogens with zero attached hydrogens (tertiary/aromatic N) is 1. The van der Waals surface area contributed by atoms with Gasteiger partial charge in [-0.15, -0.1) is 11.8 Å². The molecule has 4 rings (SSSR count). The molecule has 1 aromatic heterocycles. The van der Waals surface area contributed by atoms with Crippen LogP contribution in [0.1, 0.15) is 16.4 Å². The first-order valence-electron chi connectivity index (χ1n) is 9.44. The zero-order valence-corrected chi connectivity index (χ0v) is 17.0. The summed E-state index contributed by atoms with van der Waals surface area (Å²) in [7, 11) is 0. The Hall–Kier alpha value is -3.32. The summed E-state index contributed by atoms with van der Waals surface area (Å²) in [5, 5.41) is 3.92. The summed E-state index contributed by atoms with van der Waals surface area (Å²) in [5.74, 6) is -0.321. The number of benzene rings is 3. The number of hydrogen-bond acceptors (Lipinski definition) is 3. The van der Waals surface area contributed by atoms with Crippen LogP contribution in [0.4, 0.5) is 18.9 Å². The monoisotopic (exact) mass is 438 g/mol. The third-order valence-electron chi connectivity index (χ3n) is 4.71. The van der Waals surface area contributed by atoms with E-state index in [1.54, 1.807) is 18.5 Å². The van der Waals surface area contributed by atoms with E-state index in [1.165, 1.54) is 23.9 Å². The van der Waals surface area contributed by atoms with Gasteiger partial charge in [0.1, 0.15) is 5.25 Å². The van der Waals surface area contributed by atoms with Crippen molar-refractivity contribution in [1.29, 1.82) is 0 Å². The van der Waals surface area contributed by atoms with Crippen molar-refractivity contribution < 1.29 is 18.0 Å². The molecule has 0 aliphatic carbocycles. The van der Waals surface area contributed by atoms with Crippen LogP contribution in [0, 0.1) is 0 Å². The van der Waals surface area contributed by atoms with Crippen LogP contribution >= 0.6 is 11.8 Å². The number of halogens is 3. The second kappa shape index (κ2) is 8.81. The number of alkyl halides is 3. The van der Waals surface area contributed by atoms with E-state index in [9.17, 15) is 18.0 Å². The van der Waals surface area contributed by atoms with Crippen LogP contribution in [0.2, 0.25) is 0 Å². The van der Waals surface area contributed by atoms with Crippen LogP contribution in [-0.4, -0.2) is 10.9 Å². The largest absolute Gasteiger partial charge is 0.416 e. The number of fused-ring (bicyclic) bond motifs is 1. The number of nitrogens with one attached hydrogen (secondary N) is 1. The number of amides is 1. The van der Waals surface area contributed by atoms with Crippen molar-refractivity contribution in [3.8, 4) is 0 Å². The van der Waals surface area contributed by atoms with Crippen LogP contribution in [0.25, 0.3) is 10.8 Å². The van der Waals surface area contributed by atoms with Gasteiger partial charge in [0.2, 0.25) is 5.91 Å². The fourth-order valence-corrected chi connectivity index (χ4v) is 4.23. The van der Waals surface area contributed by atoms with Gasteiger partial charge in [-0.2, -0.15) is 13.2 Å². The molecule has 4 aromatic rings. The lowest BCUT2D eigenvalue weighted by Crippen LogP contribution is -2.19. The minimum atomic E-state index is -4.43. The number of aromatic nitrogens is 1. The summed E-state index contributed by atoms with van der Waals surface area (Å²) in [6.45, 7) is 0. The maximum Gasteiger partial charge on any atom is 0.416 e. The quantitative estimate of drug-likeness (QED) is 0.352. The number of thioether (sulfide) groups is 1. The first-order chi connectivity index (χ1) is 14.9. The van der Waals surface area contributed by atoms with E-state index in [0.717, 1.165) is 27.8 Å². The predicted octanol–water partition coefficient (Wildman–Crippen LogP) is 6.73. The molecule has 0 bridgehead atoms. The third kappa shape index (κ3) is 4.88. The van der Waals surface area contributed by atoms with E-state index in [-0.39, 0.29) is 5.91 Å². The normalized spacial score (nSPS) is 12.5. The average molecular weight is 438 g/mol. The van der Waals surface area contributed by atoms with Crippen LogP contribution in [0.5, 0.6) is 0 Å². The van der Waals surface area contributed by atoms with Crippen LogP contribution in [-0.2, 0) is 11.0 Å². The van der Waals surface area contributed by atoms with Gasteiger partial charge in [0.25, 0.3) is 0 Å². The van der Waals surface area contributed by atoms with Crippen molar-refractivity contribution >= 4 is 34.1 Å². The second-order valence-electron chi connectivity index (χ2n) is 6.82. The van der Waals surface area contributed by atoms with E-state index < -0.39 is 17.0 Å². The Morgan fingerprint density at radius 1 is 0.903 bits per heavy atom. The van der Waals surface area contributed by atoms with Crippen molar-refractivity contribution in [2.75, 3.05) is 5.32 Å². The minimum Gasteiger partial charge on any atom is -0.324 e. The van der Waals surface area contributed by atoms with Crippen molar-refractivity contribution in [3.63, 3.8) is 0 Å². The molecule has 31 heavy (non-hydrogen) atoms. The molecule has 0 radical (unpaired) electrons. The van der Waals surface area contributed by atoms with Gasteiger partial charge < -0.3 is 5.32 Å². The van der Waals surface area contributed by atoms with Gasteiger partial charge in [-0.3, -0.25) is 9.78 Å². The first-order valence-corrected chi connectivity index (χ1v) is 10.3. The lowest BCUT2D eigenvalue weighted by atomic mass is 10.1. The number of hydrogen-bond donors (Lipinski definition) is 1. The van der Waals surface area contributed by atoms with Gasteiger partial charge in [0, 0.05) is 33.7 Å². The molecular weight excluding hydrogens is 421 g/mol. The zero-order chi connectivity index (χ0) is 21.8. The maximum atomic E-state index is 13.3. The molecular formula is C24H17F3N2OS. The number of anilines is 1. The highest BCUT2D eigenvalue weighted by molar-refractivity contribution is 8.00. The Labute approximate surface area is 181 Å². The van der Waals surface area contributed by atoms with Gasteiger partial charge in [-0.1, -0.05) is 42.5 Å². The molecule has 0 spiro atoms. The van der Waals surface area contributed by atoms with E-state index in [2.05, 4.69) is 10.3 Å². The smallest absolute Gasteiger partial charge is 0.324 e. The fraction of sp³-hybridized carbons (Fsp3) is 0.0833. The molecule has 0 aliphatic rings. The molecule has 1 atom stereocenters. The molecule has 0 fully saturated rings. The number of carbonyl (C=O) groups excluding carboxylic acids is 1. The average Bonchev–Trinajstić information content (AvgIpc) is 2.78. The summed E-state index contributed by atoms with van der Waals surface area (Å²) in [4.78, 5) is 18.2. The standard InChI is InChI=1S/C24H17F3N2OS/c25-24(26,27)18-11-9-16(10-12-18)22(31-19-6-2-1-3-7-19)23(30)29-21-8-4-5-17-15-28-14-13-20(17)21/h1-15,22H,(H,29,30). The summed E-state index contributed by atoms with van der Waals surface area (Å²) in [5.41, 5.74) is 0.360. The maximum absolute atomic E-state index is 13.3. The van der Waals surface area contributed by atoms with Crippen molar-refractivity contribution in [2.24, 2.45) is 0 Å². The van der Waals surface area contributed by atoms with Crippen LogP contribution in [0.15, 0.2) is 96.2 Å². The van der Waals surface area contributed by atoms with Crippen molar-refractivity contribution in [2.45, 2.75) is 16.3 Å². The Morgan fingerprint density at radius 3 is 2.35 bits per heavy atom. The Bertz CT molecular complexity index is 1190. The molecule has 3 nitrogen and oxygen atoms in total. The summed E-state index contributed by atoms with van der Waals surface area (Å²) in [6.07, 6.45) is -1.08. The molecule has 156 valence electrons. The van der Waals surface area contributed by atoms with Gasteiger partial charge in [-0.25, -0.2) is 0 Å². The molecule has 7 heteroatoms. The van der Waals surface area contributed by atoms with Gasteiger partial charge >= 0.3 is 6.18 Å². The first kappa shape index (κ1) is 20.9. The van der Waals surface area contributed by atoms with Crippen LogP contribution < -0.4 is 5.32 Å². The minimum absolute atomic E-state index is 0.321. The molecule has 0 saturated carbocycles. The number of rotatable bonds is 5. The Kier molecular flexibility index (Phi) is 5.95. The molecule has 3 aromatic carbocycles. The van der Waals surface area contributed by atoms with Gasteiger partial charge in [-0.05, 0) is 42.0 Å². The summed E-state index contributed by atoms with van der Waals surface area (Å²) in [6, 6.07) is 21.3. The van der Waals surface area contributed by atoms with E-state index >= 15 is 0 Å². The summed E-state index contributed by atoms with van der Waals surface area (Å²) >= 11 is 1.28. The number of pyridine rings is 1. The zero-order valence-electron chi connectivity index (χ0n) is 16.1. The lowest BCUT2D eigenvalue weighted by Gasteiger charge is -2.18. The fourth-order valence-electron chi connectivity index (χ4n) is 3.18. The Morgan fingerprint density at radius 2 is 1.65 bits per heavy atom. The third-order valence-corrected chi connectivity index (χ3v) is 5.98. The van der Waals surface area contributed by atoms with Gasteiger partial charge in [0.05, 0.1) is 5.56 Å². The van der Waals surface area contributed by atoms with Crippen LogP contribution in [0.3, 0.4) is 0 Å². The molecule has 0 aliphatic heterocycles. The van der Waals surface area contributed by atoms with Gasteiger partial charge in [0.15, 0.2) is 0 Å². The predicted molar refractivity (Wildman–Crippen MR) is 117 cm³/mol. The highest BCUT2D eigenvalue weighted by Crippen LogP contribution is 2.38. The van der Waals surface area contributed by atoms with E-state index in [1.807, 2.05) is 48.5 Å². The Balaban J connectivity index is 1.67. The van der Waals surface area contributed by atoms with E-state index in [4.69, 9.17) is 0 Å². The molecule has 1 heterocycles. The number of carbonyl (C=O) groups is 1. The molecule has 1 unspecified atom stereocenters.